The molecule has 0 saturated carbocycles. The minimum atomic E-state index is -3.52. The maximum absolute atomic E-state index is 12.5. The van der Waals surface area contributed by atoms with E-state index in [9.17, 15) is 13.2 Å². The molecule has 142 valence electrons. The minimum absolute atomic E-state index is 0.0920. The van der Waals surface area contributed by atoms with Crippen molar-refractivity contribution in [2.24, 2.45) is 5.92 Å². The molecule has 25 heavy (non-hydrogen) atoms. The van der Waals surface area contributed by atoms with E-state index in [0.29, 0.717) is 31.2 Å². The molecule has 1 aliphatic rings. The molecular formula is C16H29N4O4S+. The fourth-order valence-corrected chi connectivity index (χ4v) is 4.62. The second kappa shape index (κ2) is 7.84. The molecular weight excluding hydrogens is 344 g/mol. The molecule has 0 radical (unpaired) electrons. The lowest BCUT2D eigenvalue weighted by Crippen LogP contribution is -3.13. The van der Waals surface area contributed by atoms with E-state index in [1.807, 2.05) is 6.92 Å². The summed E-state index contributed by atoms with van der Waals surface area (Å²) >= 11 is 0. The predicted octanol–water partition coefficient (Wildman–Crippen LogP) is -0.434. The van der Waals surface area contributed by atoms with Crippen LogP contribution < -0.4 is 4.90 Å². The molecule has 2 rings (SSSR count). The number of nitrogens with one attached hydrogen (secondary N) is 1. The Morgan fingerprint density at radius 1 is 1.40 bits per heavy atom. The predicted molar refractivity (Wildman–Crippen MR) is 92.6 cm³/mol. The zero-order valence-electron chi connectivity index (χ0n) is 15.7. The van der Waals surface area contributed by atoms with E-state index in [4.69, 9.17) is 4.74 Å². The van der Waals surface area contributed by atoms with Gasteiger partial charge in [0.15, 0.2) is 6.67 Å². The molecule has 8 nitrogen and oxygen atoms in total. The number of carbonyl (C=O) groups excluding carboxylic acids is 1. The molecule has 1 unspecified atom stereocenters. The van der Waals surface area contributed by atoms with Gasteiger partial charge in [-0.3, -0.25) is 4.79 Å². The quantitative estimate of drug-likeness (QED) is 0.684. The lowest BCUT2D eigenvalue weighted by Gasteiger charge is -2.28. The van der Waals surface area contributed by atoms with Crippen LogP contribution in [0, 0.1) is 19.8 Å². The third-order valence-corrected chi connectivity index (χ3v) is 6.73. The Morgan fingerprint density at radius 2 is 2.08 bits per heavy atom. The SMILES string of the molecule is CCOC(=O)[C@@H]1CCC[NH+](Cn2nc(C)c(S(=O)(=O)N(C)C)c2C)C1. The molecule has 2 atom stereocenters. The first-order valence-corrected chi connectivity index (χ1v) is 10.1. The Morgan fingerprint density at radius 3 is 2.68 bits per heavy atom. The summed E-state index contributed by atoms with van der Waals surface area (Å²) in [4.78, 5) is 13.5. The van der Waals surface area contributed by atoms with E-state index >= 15 is 0 Å². The Hall–Kier alpha value is -1.45. The largest absolute Gasteiger partial charge is 0.466 e. The van der Waals surface area contributed by atoms with Crippen LogP contribution in [0.15, 0.2) is 4.90 Å². The average molecular weight is 373 g/mol. The molecule has 0 amide bonds. The topological polar surface area (TPSA) is 85.9 Å². The summed E-state index contributed by atoms with van der Waals surface area (Å²) in [5.74, 6) is -0.227. The van der Waals surface area contributed by atoms with Gasteiger partial charge in [0.25, 0.3) is 0 Å². The van der Waals surface area contributed by atoms with Crippen molar-refractivity contribution in [2.45, 2.75) is 45.2 Å². The van der Waals surface area contributed by atoms with Gasteiger partial charge in [-0.1, -0.05) is 0 Å². The normalized spacial score (nSPS) is 21.5. The number of nitrogens with zero attached hydrogens (tertiary/aromatic N) is 3. The van der Waals surface area contributed by atoms with E-state index in [2.05, 4.69) is 5.10 Å². The van der Waals surface area contributed by atoms with Crippen molar-refractivity contribution in [3.05, 3.63) is 11.4 Å². The lowest BCUT2D eigenvalue weighted by atomic mass is 9.99. The number of aromatic nitrogens is 2. The van der Waals surface area contributed by atoms with Crippen LogP contribution in [0.25, 0.3) is 0 Å². The number of aryl methyl sites for hydroxylation is 1. The van der Waals surface area contributed by atoms with Gasteiger partial charge in [-0.15, -0.1) is 0 Å². The molecule has 1 N–H and O–H groups in total. The number of rotatable bonds is 6. The Bertz CT molecular complexity index is 727. The third kappa shape index (κ3) is 4.21. The Kier molecular flexibility index (Phi) is 6.23. The first kappa shape index (κ1) is 19.9. The number of piperidine rings is 1. The summed E-state index contributed by atoms with van der Waals surface area (Å²) in [5, 5.41) is 4.43. The molecule has 1 aromatic rings. The highest BCUT2D eigenvalue weighted by molar-refractivity contribution is 7.89. The number of sulfonamides is 1. The highest BCUT2D eigenvalue weighted by atomic mass is 32.2. The zero-order chi connectivity index (χ0) is 18.8. The van der Waals surface area contributed by atoms with Crippen LogP contribution in [-0.2, 0) is 26.2 Å². The number of hydrogen-bond donors (Lipinski definition) is 1. The molecule has 0 aromatic carbocycles. The van der Waals surface area contributed by atoms with Crippen molar-refractivity contribution in [1.82, 2.24) is 14.1 Å². The van der Waals surface area contributed by atoms with Gasteiger partial charge >= 0.3 is 5.97 Å². The van der Waals surface area contributed by atoms with Crippen LogP contribution in [0.1, 0.15) is 31.2 Å². The summed E-state index contributed by atoms with van der Waals surface area (Å²) in [6.07, 6.45) is 1.79. The summed E-state index contributed by atoms with van der Waals surface area (Å²) in [6.45, 7) is 7.87. The maximum Gasteiger partial charge on any atom is 0.314 e. The van der Waals surface area contributed by atoms with Gasteiger partial charge in [0.1, 0.15) is 10.8 Å². The third-order valence-electron chi connectivity index (χ3n) is 4.67. The van der Waals surface area contributed by atoms with Gasteiger partial charge in [-0.2, -0.15) is 5.10 Å². The second-order valence-corrected chi connectivity index (χ2v) is 8.83. The highest BCUT2D eigenvalue weighted by Crippen LogP contribution is 2.21. The Balaban J connectivity index is 2.17. The van der Waals surface area contributed by atoms with E-state index < -0.39 is 10.0 Å². The monoisotopic (exact) mass is 373 g/mol. The average Bonchev–Trinajstić information content (AvgIpc) is 2.82. The fraction of sp³-hybridized carbons (Fsp3) is 0.750. The van der Waals surface area contributed by atoms with E-state index in [1.54, 1.807) is 18.5 Å². The van der Waals surface area contributed by atoms with Gasteiger partial charge < -0.3 is 9.64 Å². The van der Waals surface area contributed by atoms with Crippen molar-refractivity contribution in [3.63, 3.8) is 0 Å². The molecule has 1 saturated heterocycles. The molecule has 9 heteroatoms. The van der Waals surface area contributed by atoms with Gasteiger partial charge in [-0.05, 0) is 33.6 Å². The van der Waals surface area contributed by atoms with Crippen molar-refractivity contribution in [3.8, 4) is 0 Å². The van der Waals surface area contributed by atoms with Crippen LogP contribution in [0.4, 0.5) is 0 Å². The van der Waals surface area contributed by atoms with Crippen LogP contribution in [0.5, 0.6) is 0 Å². The molecule has 0 bridgehead atoms. The number of quaternary nitrogens is 1. The maximum atomic E-state index is 12.5. The lowest BCUT2D eigenvalue weighted by molar-refractivity contribution is -0.930. The molecule has 2 heterocycles. The number of likely N-dealkylation sites (tertiary alicyclic amines) is 1. The first-order valence-electron chi connectivity index (χ1n) is 8.65. The number of hydrogen-bond acceptors (Lipinski definition) is 5. The van der Waals surface area contributed by atoms with Crippen LogP contribution in [0.2, 0.25) is 0 Å². The van der Waals surface area contributed by atoms with Gasteiger partial charge in [0.05, 0.1) is 31.1 Å². The molecule has 1 aromatic heterocycles. The van der Waals surface area contributed by atoms with Crippen LogP contribution in [0.3, 0.4) is 0 Å². The zero-order valence-corrected chi connectivity index (χ0v) is 16.5. The smallest absolute Gasteiger partial charge is 0.314 e. The minimum Gasteiger partial charge on any atom is -0.466 e. The summed E-state index contributed by atoms with van der Waals surface area (Å²) in [6, 6.07) is 0. The molecule has 1 fully saturated rings. The summed E-state index contributed by atoms with van der Waals surface area (Å²) in [7, 11) is -0.485. The van der Waals surface area contributed by atoms with Crippen molar-refractivity contribution >= 4 is 16.0 Å². The van der Waals surface area contributed by atoms with Crippen molar-refractivity contribution in [2.75, 3.05) is 33.8 Å². The van der Waals surface area contributed by atoms with E-state index in [0.717, 1.165) is 19.4 Å². The number of esters is 1. The van der Waals surface area contributed by atoms with Gasteiger partial charge in [0, 0.05) is 14.1 Å². The van der Waals surface area contributed by atoms with Crippen molar-refractivity contribution in [1.29, 1.82) is 0 Å². The summed E-state index contributed by atoms with van der Waals surface area (Å²) < 4.78 is 33.1. The van der Waals surface area contributed by atoms with Gasteiger partial charge in [-0.25, -0.2) is 17.4 Å². The molecule has 0 aliphatic carbocycles. The molecule has 0 spiro atoms. The van der Waals surface area contributed by atoms with Crippen molar-refractivity contribution < 1.29 is 22.8 Å². The van der Waals surface area contributed by atoms with E-state index in [1.165, 1.54) is 23.3 Å². The van der Waals surface area contributed by atoms with Gasteiger partial charge in [0.2, 0.25) is 10.0 Å². The Labute approximate surface area is 149 Å². The van der Waals surface area contributed by atoms with E-state index in [-0.39, 0.29) is 16.8 Å². The highest BCUT2D eigenvalue weighted by Gasteiger charge is 2.32. The number of ether oxygens (including phenoxy) is 1. The number of carbonyl (C=O) groups is 1. The fourth-order valence-electron chi connectivity index (χ4n) is 3.36. The van der Waals surface area contributed by atoms with Crippen LogP contribution in [-0.4, -0.2) is 62.3 Å². The van der Waals surface area contributed by atoms with Crippen LogP contribution >= 0.6 is 0 Å². The summed E-state index contributed by atoms with van der Waals surface area (Å²) in [5.41, 5.74) is 1.14. The molecule has 1 aliphatic heterocycles. The standard InChI is InChI=1S/C16H28N4O4S/c1-6-24-16(21)14-8-7-9-19(10-14)11-20-13(3)15(12(2)17-20)25(22,23)18(4)5/h14H,6-11H2,1-5H3/p+1/t14-/m1/s1. The second-order valence-electron chi connectivity index (χ2n) is 6.74. The first-order chi connectivity index (χ1) is 11.7.